The minimum Gasteiger partial charge on any atom is -0.463 e. The quantitative estimate of drug-likeness (QED) is 0.122. The van der Waals surface area contributed by atoms with Crippen molar-refractivity contribution in [2.24, 2.45) is 0 Å². The normalized spacial score (nSPS) is 10.8. The summed E-state index contributed by atoms with van der Waals surface area (Å²) in [6.45, 7) is 3.90. The molecule has 116 valence electrons. The van der Waals surface area contributed by atoms with Crippen molar-refractivity contribution in [3.05, 3.63) is 12.7 Å². The van der Waals surface area contributed by atoms with Crippen molar-refractivity contribution in [3.63, 3.8) is 0 Å². The predicted octanol–water partition coefficient (Wildman–Crippen LogP) is 5.42. The van der Waals surface area contributed by atoms with Crippen LogP contribution in [0, 0.1) is 0 Å². The molecular weight excluding hydrogens is 400 g/mol. The van der Waals surface area contributed by atoms with Gasteiger partial charge in [-0.25, -0.2) is 4.79 Å². The van der Waals surface area contributed by atoms with Crippen molar-refractivity contribution in [2.45, 2.75) is 67.2 Å². The van der Waals surface area contributed by atoms with Crippen molar-refractivity contribution >= 4 is 47.3 Å². The van der Waals surface area contributed by atoms with Crippen LogP contribution in [0.2, 0.25) is 6.04 Å². The maximum absolute atomic E-state index is 10.8. The first-order chi connectivity index (χ1) is 9.66. The van der Waals surface area contributed by atoms with Gasteiger partial charge in [-0.3, -0.25) is 0 Å². The van der Waals surface area contributed by atoms with E-state index in [4.69, 9.17) is 4.74 Å². The van der Waals surface area contributed by atoms with Gasteiger partial charge in [0.1, 0.15) is 0 Å². The fourth-order valence-corrected chi connectivity index (χ4v) is 3.95. The molecule has 5 heteroatoms. The Morgan fingerprint density at radius 2 is 1.50 bits per heavy atom. The van der Waals surface area contributed by atoms with Gasteiger partial charge in [0.05, 0.1) is 19.5 Å². The van der Waals surface area contributed by atoms with Gasteiger partial charge in [-0.2, -0.15) is 0 Å². The molecule has 0 unspecified atom stereocenters. The first-order valence-corrected chi connectivity index (χ1v) is 10.6. The summed E-state index contributed by atoms with van der Waals surface area (Å²) >= 11 is 7.02. The van der Waals surface area contributed by atoms with Gasteiger partial charge in [-0.05, 0) is 6.42 Å². The number of carbonyl (C=O) groups is 1. The Morgan fingerprint density at radius 3 is 2.00 bits per heavy atom. The Kier molecular flexibility index (Phi) is 16.1. The van der Waals surface area contributed by atoms with Crippen LogP contribution >= 0.6 is 31.9 Å². The summed E-state index contributed by atoms with van der Waals surface area (Å²) in [4.78, 5) is 10.8. The molecule has 0 heterocycles. The van der Waals surface area contributed by atoms with Crippen LogP contribution < -0.4 is 0 Å². The summed E-state index contributed by atoms with van der Waals surface area (Å²) in [7, 11) is 0.990. The zero-order chi connectivity index (χ0) is 15.1. The van der Waals surface area contributed by atoms with Crippen molar-refractivity contribution in [3.8, 4) is 0 Å². The van der Waals surface area contributed by atoms with E-state index in [1.807, 2.05) is 0 Å². The van der Waals surface area contributed by atoms with Crippen LogP contribution in [-0.2, 0) is 9.53 Å². The molecule has 0 fully saturated rings. The molecule has 0 bridgehead atoms. The molecule has 2 radical (unpaired) electrons. The number of rotatable bonds is 14. The van der Waals surface area contributed by atoms with Crippen molar-refractivity contribution in [2.75, 3.05) is 6.61 Å². The third kappa shape index (κ3) is 16.4. The summed E-state index contributed by atoms with van der Waals surface area (Å²) in [6.07, 6.45) is 12.7. The fraction of sp³-hybridized carbons (Fsp3) is 0.800. The highest BCUT2D eigenvalue weighted by Crippen LogP contribution is 2.13. The molecule has 2 nitrogen and oxygen atoms in total. The van der Waals surface area contributed by atoms with Gasteiger partial charge in [0.25, 0.3) is 0 Å². The lowest BCUT2D eigenvalue weighted by Crippen LogP contribution is -2.01. The molecule has 0 aromatic heterocycles. The third-order valence-electron chi connectivity index (χ3n) is 3.03. The Balaban J connectivity index is 3.03. The minimum atomic E-state index is -0.309. The van der Waals surface area contributed by atoms with E-state index in [1.54, 1.807) is 0 Å². The van der Waals surface area contributed by atoms with E-state index >= 15 is 0 Å². The Morgan fingerprint density at radius 1 is 1.00 bits per heavy atom. The van der Waals surface area contributed by atoms with Gasteiger partial charge < -0.3 is 4.74 Å². The maximum atomic E-state index is 10.8. The standard InChI is InChI=1S/C15H26Br2O2Si/c1-2-14(18)19-12-10-8-6-4-3-5-7-9-11-13-20-15(16)17/h2,15H,1,3-13H2. The number of hydrogen-bond donors (Lipinski definition) is 0. The molecule has 0 aromatic carbocycles. The maximum Gasteiger partial charge on any atom is 0.330 e. The molecule has 0 spiro atoms. The van der Waals surface area contributed by atoms with Crippen LogP contribution in [0.4, 0.5) is 0 Å². The van der Waals surface area contributed by atoms with Gasteiger partial charge >= 0.3 is 5.97 Å². The molecule has 0 saturated carbocycles. The number of unbranched alkanes of at least 4 members (excludes halogenated alkanes) is 8. The van der Waals surface area contributed by atoms with Crippen LogP contribution in [0.25, 0.3) is 0 Å². The second kappa shape index (κ2) is 15.8. The van der Waals surface area contributed by atoms with E-state index in [9.17, 15) is 4.79 Å². The van der Waals surface area contributed by atoms with Crippen LogP contribution in [0.15, 0.2) is 12.7 Å². The number of ether oxygens (including phenoxy) is 1. The zero-order valence-electron chi connectivity index (χ0n) is 12.2. The second-order valence-electron chi connectivity index (χ2n) is 4.81. The highest BCUT2D eigenvalue weighted by Gasteiger charge is 1.99. The number of alkyl halides is 2. The highest BCUT2D eigenvalue weighted by atomic mass is 79.9. The van der Waals surface area contributed by atoms with Crippen LogP contribution in [0.3, 0.4) is 0 Å². The van der Waals surface area contributed by atoms with E-state index in [-0.39, 0.29) is 5.97 Å². The van der Waals surface area contributed by atoms with Crippen LogP contribution in [-0.4, -0.2) is 25.5 Å². The molecule has 0 atom stereocenters. The van der Waals surface area contributed by atoms with Crippen LogP contribution in [0.5, 0.6) is 0 Å². The lowest BCUT2D eigenvalue weighted by Gasteiger charge is -2.03. The topological polar surface area (TPSA) is 26.3 Å². The summed E-state index contributed by atoms with van der Waals surface area (Å²) in [5, 5.41) is 0. The number of hydrogen-bond acceptors (Lipinski definition) is 2. The van der Waals surface area contributed by atoms with E-state index in [0.717, 1.165) is 22.4 Å². The van der Waals surface area contributed by atoms with E-state index < -0.39 is 0 Å². The smallest absolute Gasteiger partial charge is 0.330 e. The first kappa shape index (κ1) is 20.4. The predicted molar refractivity (Wildman–Crippen MR) is 94.9 cm³/mol. The number of esters is 1. The van der Waals surface area contributed by atoms with Gasteiger partial charge in [-0.1, -0.05) is 95.8 Å². The van der Waals surface area contributed by atoms with E-state index in [2.05, 4.69) is 38.4 Å². The fourth-order valence-electron chi connectivity index (χ4n) is 1.91. The van der Waals surface area contributed by atoms with Gasteiger partial charge in [0, 0.05) is 6.08 Å². The summed E-state index contributed by atoms with van der Waals surface area (Å²) < 4.78 is 5.44. The lowest BCUT2D eigenvalue weighted by atomic mass is 10.1. The highest BCUT2D eigenvalue weighted by molar-refractivity contribution is 9.25. The molecule has 0 rings (SSSR count). The molecule has 0 aliphatic carbocycles. The SMILES string of the molecule is C=CC(=O)OCCCCCCCCCCC[Si]C(Br)Br. The Bertz CT molecular complexity index is 248. The number of carbonyl (C=O) groups excluding carboxylic acids is 1. The minimum absolute atomic E-state index is 0.309. The monoisotopic (exact) mass is 424 g/mol. The Hall–Kier alpha value is 0.387. The summed E-state index contributed by atoms with van der Waals surface area (Å²) in [6, 6.07) is 1.34. The average molecular weight is 426 g/mol. The van der Waals surface area contributed by atoms with Crippen LogP contribution in [0.1, 0.15) is 57.8 Å². The summed E-state index contributed by atoms with van der Waals surface area (Å²) in [5.41, 5.74) is 0. The third-order valence-corrected chi connectivity index (χ3v) is 5.92. The largest absolute Gasteiger partial charge is 0.463 e. The number of halogens is 2. The van der Waals surface area contributed by atoms with E-state index in [0.29, 0.717) is 9.97 Å². The molecule has 20 heavy (non-hydrogen) atoms. The van der Waals surface area contributed by atoms with Gasteiger partial charge in [0.2, 0.25) is 0 Å². The van der Waals surface area contributed by atoms with E-state index in [1.165, 1.54) is 57.1 Å². The molecule has 0 aromatic rings. The molecular formula is C15H26Br2O2Si. The lowest BCUT2D eigenvalue weighted by molar-refractivity contribution is -0.137. The van der Waals surface area contributed by atoms with Gasteiger partial charge in [0.15, 0.2) is 0 Å². The second-order valence-corrected chi connectivity index (χ2v) is 11.0. The molecule has 0 amide bonds. The van der Waals surface area contributed by atoms with Crippen molar-refractivity contribution in [1.82, 2.24) is 0 Å². The molecule has 0 aliphatic rings. The average Bonchev–Trinajstić information content (AvgIpc) is 2.43. The van der Waals surface area contributed by atoms with Crippen molar-refractivity contribution in [1.29, 1.82) is 0 Å². The molecule has 0 aliphatic heterocycles. The molecule has 0 N–H and O–H groups in total. The van der Waals surface area contributed by atoms with Gasteiger partial charge in [-0.15, -0.1) is 0 Å². The zero-order valence-corrected chi connectivity index (χ0v) is 16.4. The first-order valence-electron chi connectivity index (χ1n) is 7.47. The Labute approximate surface area is 143 Å². The van der Waals surface area contributed by atoms with Crippen molar-refractivity contribution < 1.29 is 9.53 Å². The molecule has 0 saturated heterocycles. The summed E-state index contributed by atoms with van der Waals surface area (Å²) in [5.74, 6) is -0.309.